The number of rotatable bonds is 1. The molecule has 1 aromatic heterocycles. The Hall–Kier alpha value is -0.850. The van der Waals surface area contributed by atoms with E-state index in [0.717, 1.165) is 25.3 Å². The fourth-order valence-electron chi connectivity index (χ4n) is 2.11. The normalized spacial score (nSPS) is 11.1. The van der Waals surface area contributed by atoms with E-state index in [-0.39, 0.29) is 0 Å². The van der Waals surface area contributed by atoms with Gasteiger partial charge in [0.1, 0.15) is 0 Å². The van der Waals surface area contributed by atoms with Gasteiger partial charge in [-0.15, -0.1) is 0 Å². The van der Waals surface area contributed by atoms with Gasteiger partial charge in [-0.25, -0.2) is 0 Å². The lowest BCUT2D eigenvalue weighted by Gasteiger charge is -2.08. The van der Waals surface area contributed by atoms with Crippen LogP contribution in [-0.2, 0) is 0 Å². The SMILES string of the molecule is Cc1ccc2[nH]c(=S)n(-c3ccc(Cl)cc3I)c2c1. The van der Waals surface area contributed by atoms with E-state index >= 15 is 0 Å². The van der Waals surface area contributed by atoms with Crippen molar-refractivity contribution in [3.05, 3.63) is 55.3 Å². The van der Waals surface area contributed by atoms with Crippen LogP contribution in [0, 0.1) is 15.3 Å². The molecule has 1 heterocycles. The van der Waals surface area contributed by atoms with Gasteiger partial charge >= 0.3 is 0 Å². The lowest BCUT2D eigenvalue weighted by Crippen LogP contribution is -1.97. The quantitative estimate of drug-likeness (QED) is 0.437. The molecule has 0 unspecified atom stereocenters. The van der Waals surface area contributed by atoms with Crippen LogP contribution in [0.2, 0.25) is 5.02 Å². The number of halogens is 2. The summed E-state index contributed by atoms with van der Waals surface area (Å²) in [5, 5.41) is 0.732. The van der Waals surface area contributed by atoms with Crippen LogP contribution in [0.4, 0.5) is 0 Å². The van der Waals surface area contributed by atoms with Gasteiger partial charge in [0.15, 0.2) is 4.77 Å². The molecule has 1 N–H and O–H groups in total. The second-order valence-electron chi connectivity index (χ2n) is 4.38. The van der Waals surface area contributed by atoms with Crippen molar-refractivity contribution in [1.29, 1.82) is 0 Å². The number of imidazole rings is 1. The van der Waals surface area contributed by atoms with Crippen molar-refractivity contribution < 1.29 is 0 Å². The smallest absolute Gasteiger partial charge is 0.182 e. The predicted molar refractivity (Wildman–Crippen MR) is 90.9 cm³/mol. The van der Waals surface area contributed by atoms with Gasteiger partial charge in [0, 0.05) is 8.59 Å². The summed E-state index contributed by atoms with van der Waals surface area (Å²) in [7, 11) is 0. The molecule has 2 aromatic carbocycles. The van der Waals surface area contributed by atoms with Crippen LogP contribution in [0.5, 0.6) is 0 Å². The number of aromatic amines is 1. The maximum atomic E-state index is 6.01. The van der Waals surface area contributed by atoms with Gasteiger partial charge in [0.05, 0.1) is 16.7 Å². The maximum Gasteiger partial charge on any atom is 0.182 e. The molecule has 96 valence electrons. The highest BCUT2D eigenvalue weighted by Gasteiger charge is 2.09. The third kappa shape index (κ3) is 2.32. The van der Waals surface area contributed by atoms with Crippen molar-refractivity contribution in [2.75, 3.05) is 0 Å². The van der Waals surface area contributed by atoms with Crippen LogP contribution < -0.4 is 0 Å². The van der Waals surface area contributed by atoms with Gasteiger partial charge in [-0.2, -0.15) is 0 Å². The van der Waals surface area contributed by atoms with Crippen LogP contribution >= 0.6 is 46.4 Å². The minimum atomic E-state index is 0.695. The topological polar surface area (TPSA) is 20.7 Å². The van der Waals surface area contributed by atoms with Gasteiger partial charge in [-0.05, 0) is 77.6 Å². The van der Waals surface area contributed by atoms with Crippen molar-refractivity contribution in [2.45, 2.75) is 6.92 Å². The average Bonchev–Trinajstić information content (AvgIpc) is 2.65. The lowest BCUT2D eigenvalue weighted by molar-refractivity contribution is 1.06. The van der Waals surface area contributed by atoms with Crippen molar-refractivity contribution in [3.63, 3.8) is 0 Å². The van der Waals surface area contributed by atoms with E-state index in [9.17, 15) is 0 Å². The molecule has 0 amide bonds. The van der Waals surface area contributed by atoms with E-state index in [2.05, 4.69) is 57.3 Å². The number of nitrogens with one attached hydrogen (secondary N) is 1. The van der Waals surface area contributed by atoms with E-state index in [0.29, 0.717) is 4.77 Å². The Morgan fingerprint density at radius 3 is 2.74 bits per heavy atom. The molecule has 0 radical (unpaired) electrons. The molecule has 0 fully saturated rings. The zero-order valence-electron chi connectivity index (χ0n) is 10.1. The zero-order chi connectivity index (χ0) is 13.6. The summed E-state index contributed by atoms with van der Waals surface area (Å²) in [6.07, 6.45) is 0. The summed E-state index contributed by atoms with van der Waals surface area (Å²) in [6.45, 7) is 2.08. The van der Waals surface area contributed by atoms with Crippen LogP contribution in [0.3, 0.4) is 0 Å². The Kier molecular flexibility index (Phi) is 3.41. The number of hydrogen-bond donors (Lipinski definition) is 1. The molecule has 0 aliphatic heterocycles. The Morgan fingerprint density at radius 2 is 2.00 bits per heavy atom. The number of fused-ring (bicyclic) bond motifs is 1. The minimum absolute atomic E-state index is 0.695. The molecular formula is C14H10ClIN2S. The van der Waals surface area contributed by atoms with Crippen LogP contribution in [0.15, 0.2) is 36.4 Å². The van der Waals surface area contributed by atoms with Gasteiger partial charge in [0.25, 0.3) is 0 Å². The molecule has 0 bridgehead atoms. The van der Waals surface area contributed by atoms with E-state index in [1.165, 1.54) is 5.56 Å². The first kappa shape index (κ1) is 13.1. The van der Waals surface area contributed by atoms with Gasteiger partial charge in [-0.1, -0.05) is 17.7 Å². The number of aryl methyl sites for hydroxylation is 1. The van der Waals surface area contributed by atoms with Gasteiger partial charge in [-0.3, -0.25) is 4.57 Å². The summed E-state index contributed by atoms with van der Waals surface area (Å²) < 4.78 is 3.82. The first-order valence-corrected chi connectivity index (χ1v) is 7.59. The second-order valence-corrected chi connectivity index (χ2v) is 6.37. The molecule has 0 spiro atoms. The van der Waals surface area contributed by atoms with Crippen LogP contribution in [-0.4, -0.2) is 9.55 Å². The van der Waals surface area contributed by atoms with Crippen LogP contribution in [0.1, 0.15) is 5.56 Å². The van der Waals surface area contributed by atoms with E-state index < -0.39 is 0 Å². The Morgan fingerprint density at radius 1 is 1.21 bits per heavy atom. The van der Waals surface area contributed by atoms with Gasteiger partial charge in [0.2, 0.25) is 0 Å². The monoisotopic (exact) mass is 400 g/mol. The minimum Gasteiger partial charge on any atom is -0.330 e. The molecule has 3 rings (SSSR count). The van der Waals surface area contributed by atoms with Crippen molar-refractivity contribution in [3.8, 4) is 5.69 Å². The highest BCUT2D eigenvalue weighted by Crippen LogP contribution is 2.26. The molecular weight excluding hydrogens is 391 g/mol. The molecule has 2 nitrogen and oxygen atoms in total. The molecule has 0 aliphatic carbocycles. The molecule has 0 saturated heterocycles. The maximum absolute atomic E-state index is 6.01. The first-order valence-electron chi connectivity index (χ1n) is 5.73. The largest absolute Gasteiger partial charge is 0.330 e. The lowest BCUT2D eigenvalue weighted by atomic mass is 10.2. The first-order chi connectivity index (χ1) is 9.06. The fraction of sp³-hybridized carbons (Fsp3) is 0.0714. The molecule has 0 atom stereocenters. The molecule has 0 saturated carbocycles. The van der Waals surface area contributed by atoms with E-state index in [4.69, 9.17) is 23.8 Å². The van der Waals surface area contributed by atoms with E-state index in [1.807, 2.05) is 18.2 Å². The number of H-pyrrole nitrogens is 1. The number of hydrogen-bond acceptors (Lipinski definition) is 1. The zero-order valence-corrected chi connectivity index (χ0v) is 13.8. The number of nitrogens with zero attached hydrogens (tertiary/aromatic N) is 1. The average molecular weight is 401 g/mol. The molecule has 3 aromatic rings. The van der Waals surface area contributed by atoms with Crippen molar-refractivity contribution in [2.24, 2.45) is 0 Å². The third-order valence-corrected chi connectivity index (χ3v) is 4.37. The highest BCUT2D eigenvalue weighted by atomic mass is 127. The summed E-state index contributed by atoms with van der Waals surface area (Å²) in [6, 6.07) is 12.1. The Labute approximate surface area is 134 Å². The van der Waals surface area contributed by atoms with Crippen LogP contribution in [0.25, 0.3) is 16.7 Å². The molecule has 0 aliphatic rings. The van der Waals surface area contributed by atoms with Crippen molar-refractivity contribution >= 4 is 57.4 Å². The Bertz CT molecular complexity index is 835. The fourth-order valence-corrected chi connectivity index (χ4v) is 3.53. The van der Waals surface area contributed by atoms with E-state index in [1.54, 1.807) is 0 Å². The molecule has 5 heteroatoms. The standard InChI is InChI=1S/C14H10ClIN2S/c1-8-2-4-11-13(6-8)18(14(19)17-11)12-5-3-9(15)7-10(12)16/h2-7H,1H3,(H,17,19). The highest BCUT2D eigenvalue weighted by molar-refractivity contribution is 14.1. The summed E-state index contributed by atoms with van der Waals surface area (Å²) in [5.41, 5.74) is 4.39. The third-order valence-electron chi connectivity index (χ3n) is 2.99. The number of aromatic nitrogens is 2. The number of benzene rings is 2. The Balaban J connectivity index is 2.38. The van der Waals surface area contributed by atoms with Gasteiger partial charge < -0.3 is 4.98 Å². The summed E-state index contributed by atoms with van der Waals surface area (Å²) in [4.78, 5) is 3.24. The van der Waals surface area contributed by atoms with Crippen molar-refractivity contribution in [1.82, 2.24) is 9.55 Å². The summed E-state index contributed by atoms with van der Waals surface area (Å²) in [5.74, 6) is 0. The second kappa shape index (κ2) is 4.92. The molecule has 19 heavy (non-hydrogen) atoms. The predicted octanol–water partition coefficient (Wildman–Crippen LogP) is 5.25. The summed E-state index contributed by atoms with van der Waals surface area (Å²) >= 11 is 13.7.